The van der Waals surface area contributed by atoms with Crippen LogP contribution in [0.4, 0.5) is 5.69 Å². The molecule has 2 aromatic rings. The van der Waals surface area contributed by atoms with Gasteiger partial charge in [-0.3, -0.25) is 4.98 Å². The van der Waals surface area contributed by atoms with Crippen molar-refractivity contribution in [3.8, 4) is 0 Å². The predicted molar refractivity (Wildman–Crippen MR) is 78.6 cm³/mol. The molecule has 2 aliphatic rings. The van der Waals surface area contributed by atoms with Crippen LogP contribution in [0.3, 0.4) is 0 Å². The summed E-state index contributed by atoms with van der Waals surface area (Å²) in [5.41, 5.74) is 5.05. The number of aromatic nitrogens is 1. The molecule has 1 aromatic heterocycles. The molecule has 0 bridgehead atoms. The summed E-state index contributed by atoms with van der Waals surface area (Å²) in [6, 6.07) is 11.0. The van der Waals surface area contributed by atoms with Gasteiger partial charge in [-0.05, 0) is 31.0 Å². The summed E-state index contributed by atoms with van der Waals surface area (Å²) in [7, 11) is 0. The Labute approximate surface area is 119 Å². The second-order valence-corrected chi connectivity index (χ2v) is 5.74. The highest BCUT2D eigenvalue weighted by molar-refractivity contribution is 5.58. The third-order valence-electron chi connectivity index (χ3n) is 4.43. The standard InChI is InChI=1S/C17H18N2O/c1-11-4-5-15-14(9-11)17-13(6-8-20-17)16(19-15)12-3-2-7-18-10-12/h2-5,7,9-10,13,16-17,19H,6,8H2,1H3. The molecule has 2 aliphatic heterocycles. The second kappa shape index (κ2) is 4.60. The normalized spacial score (nSPS) is 27.6. The summed E-state index contributed by atoms with van der Waals surface area (Å²) in [5.74, 6) is 0.494. The van der Waals surface area contributed by atoms with Gasteiger partial charge in [0.05, 0.1) is 12.1 Å². The Morgan fingerprint density at radius 2 is 2.25 bits per heavy atom. The lowest BCUT2D eigenvalue weighted by atomic mass is 9.81. The molecule has 3 heteroatoms. The van der Waals surface area contributed by atoms with Crippen molar-refractivity contribution < 1.29 is 4.74 Å². The SMILES string of the molecule is Cc1ccc2c(c1)C1OCCC1C(c1cccnc1)N2. The van der Waals surface area contributed by atoms with E-state index in [9.17, 15) is 0 Å². The topological polar surface area (TPSA) is 34.1 Å². The number of nitrogens with zero attached hydrogens (tertiary/aromatic N) is 1. The predicted octanol–water partition coefficient (Wildman–Crippen LogP) is 3.63. The zero-order valence-corrected chi connectivity index (χ0v) is 11.5. The molecule has 0 spiro atoms. The van der Waals surface area contributed by atoms with Gasteiger partial charge in [-0.1, -0.05) is 23.8 Å². The molecular weight excluding hydrogens is 248 g/mol. The molecule has 1 fully saturated rings. The number of fused-ring (bicyclic) bond motifs is 3. The monoisotopic (exact) mass is 266 g/mol. The summed E-state index contributed by atoms with van der Waals surface area (Å²) in [4.78, 5) is 4.26. The zero-order chi connectivity index (χ0) is 13.5. The first kappa shape index (κ1) is 11.9. The molecule has 1 aromatic carbocycles. The van der Waals surface area contributed by atoms with Gasteiger partial charge in [0.1, 0.15) is 0 Å². The summed E-state index contributed by atoms with van der Waals surface area (Å²) in [6.45, 7) is 2.98. The largest absolute Gasteiger partial charge is 0.377 e. The molecule has 0 amide bonds. The number of anilines is 1. The Hall–Kier alpha value is -1.87. The van der Waals surface area contributed by atoms with E-state index in [1.54, 1.807) is 0 Å². The molecule has 102 valence electrons. The zero-order valence-electron chi connectivity index (χ0n) is 11.5. The van der Waals surface area contributed by atoms with Gasteiger partial charge in [-0.15, -0.1) is 0 Å². The van der Waals surface area contributed by atoms with Gasteiger partial charge in [0.15, 0.2) is 0 Å². The van der Waals surface area contributed by atoms with Crippen molar-refractivity contribution in [3.05, 3.63) is 59.4 Å². The maximum absolute atomic E-state index is 6.03. The van der Waals surface area contributed by atoms with Gasteiger partial charge in [0.2, 0.25) is 0 Å². The Kier molecular flexibility index (Phi) is 2.74. The molecular formula is C17H18N2O. The van der Waals surface area contributed by atoms with E-state index < -0.39 is 0 Å². The Bertz CT molecular complexity index is 626. The molecule has 1 N–H and O–H groups in total. The fourth-order valence-corrected chi connectivity index (χ4v) is 3.48. The van der Waals surface area contributed by atoms with Crippen molar-refractivity contribution in [3.63, 3.8) is 0 Å². The van der Waals surface area contributed by atoms with Crippen LogP contribution in [0.15, 0.2) is 42.7 Å². The van der Waals surface area contributed by atoms with Crippen LogP contribution in [0.2, 0.25) is 0 Å². The van der Waals surface area contributed by atoms with Crippen LogP contribution in [-0.2, 0) is 4.74 Å². The minimum Gasteiger partial charge on any atom is -0.377 e. The molecule has 3 nitrogen and oxygen atoms in total. The smallest absolute Gasteiger partial charge is 0.0896 e. The summed E-state index contributed by atoms with van der Waals surface area (Å²) < 4.78 is 6.03. The summed E-state index contributed by atoms with van der Waals surface area (Å²) in [6.07, 6.45) is 5.11. The molecule has 4 rings (SSSR count). The maximum atomic E-state index is 6.03. The van der Waals surface area contributed by atoms with E-state index in [1.807, 2.05) is 18.5 Å². The van der Waals surface area contributed by atoms with E-state index in [4.69, 9.17) is 4.74 Å². The van der Waals surface area contributed by atoms with Gasteiger partial charge in [-0.2, -0.15) is 0 Å². The lowest BCUT2D eigenvalue weighted by Gasteiger charge is -2.36. The van der Waals surface area contributed by atoms with Crippen LogP contribution in [0, 0.1) is 12.8 Å². The first-order chi connectivity index (χ1) is 9.83. The van der Waals surface area contributed by atoms with Crippen LogP contribution in [0.1, 0.15) is 35.3 Å². The van der Waals surface area contributed by atoms with Crippen molar-refractivity contribution in [1.82, 2.24) is 4.98 Å². The average molecular weight is 266 g/mol. The number of aryl methyl sites for hydroxylation is 1. The first-order valence-electron chi connectivity index (χ1n) is 7.21. The Morgan fingerprint density at radius 1 is 1.30 bits per heavy atom. The fraction of sp³-hybridized carbons (Fsp3) is 0.353. The van der Waals surface area contributed by atoms with E-state index in [0.29, 0.717) is 12.0 Å². The van der Waals surface area contributed by atoms with Crippen molar-refractivity contribution in [1.29, 1.82) is 0 Å². The van der Waals surface area contributed by atoms with E-state index in [2.05, 4.69) is 41.5 Å². The van der Waals surface area contributed by atoms with Gasteiger partial charge in [0.25, 0.3) is 0 Å². The van der Waals surface area contributed by atoms with Gasteiger partial charge in [-0.25, -0.2) is 0 Å². The first-order valence-corrected chi connectivity index (χ1v) is 7.21. The minimum absolute atomic E-state index is 0.219. The molecule has 3 heterocycles. The number of benzene rings is 1. The molecule has 3 unspecified atom stereocenters. The van der Waals surface area contributed by atoms with E-state index in [1.165, 1.54) is 22.4 Å². The third-order valence-corrected chi connectivity index (χ3v) is 4.43. The van der Waals surface area contributed by atoms with Crippen molar-refractivity contribution in [2.75, 3.05) is 11.9 Å². The highest BCUT2D eigenvalue weighted by Gasteiger charge is 2.41. The van der Waals surface area contributed by atoms with Crippen molar-refractivity contribution >= 4 is 5.69 Å². The fourth-order valence-electron chi connectivity index (χ4n) is 3.48. The van der Waals surface area contributed by atoms with Gasteiger partial charge in [0, 0.05) is 36.2 Å². The molecule has 0 aliphatic carbocycles. The molecule has 20 heavy (non-hydrogen) atoms. The molecule has 1 saturated heterocycles. The third kappa shape index (κ3) is 1.81. The Balaban J connectivity index is 1.79. The number of nitrogens with one attached hydrogen (secondary N) is 1. The number of ether oxygens (including phenoxy) is 1. The Morgan fingerprint density at radius 3 is 3.10 bits per heavy atom. The van der Waals surface area contributed by atoms with Crippen molar-refractivity contribution in [2.45, 2.75) is 25.5 Å². The highest BCUT2D eigenvalue weighted by atomic mass is 16.5. The minimum atomic E-state index is 0.219. The average Bonchev–Trinajstić information content (AvgIpc) is 2.97. The van der Waals surface area contributed by atoms with E-state index in [-0.39, 0.29) is 6.10 Å². The maximum Gasteiger partial charge on any atom is 0.0896 e. The second-order valence-electron chi connectivity index (χ2n) is 5.74. The quantitative estimate of drug-likeness (QED) is 0.855. The number of hydrogen-bond donors (Lipinski definition) is 1. The number of pyridine rings is 1. The highest BCUT2D eigenvalue weighted by Crippen LogP contribution is 2.49. The molecule has 0 radical (unpaired) electrons. The molecule has 3 atom stereocenters. The number of hydrogen-bond acceptors (Lipinski definition) is 3. The molecule has 0 saturated carbocycles. The van der Waals surface area contributed by atoms with E-state index >= 15 is 0 Å². The van der Waals surface area contributed by atoms with Crippen LogP contribution in [-0.4, -0.2) is 11.6 Å². The lowest BCUT2D eigenvalue weighted by Crippen LogP contribution is -2.29. The van der Waals surface area contributed by atoms with Crippen LogP contribution in [0.5, 0.6) is 0 Å². The van der Waals surface area contributed by atoms with Crippen LogP contribution >= 0.6 is 0 Å². The van der Waals surface area contributed by atoms with Crippen LogP contribution < -0.4 is 5.32 Å². The van der Waals surface area contributed by atoms with Crippen LogP contribution in [0.25, 0.3) is 0 Å². The van der Waals surface area contributed by atoms with E-state index in [0.717, 1.165) is 13.0 Å². The van der Waals surface area contributed by atoms with Gasteiger partial charge < -0.3 is 10.1 Å². The van der Waals surface area contributed by atoms with Gasteiger partial charge >= 0.3 is 0 Å². The summed E-state index contributed by atoms with van der Waals surface area (Å²) >= 11 is 0. The lowest BCUT2D eigenvalue weighted by molar-refractivity contribution is 0.0828. The number of rotatable bonds is 1. The van der Waals surface area contributed by atoms with Crippen molar-refractivity contribution in [2.24, 2.45) is 5.92 Å². The summed E-state index contributed by atoms with van der Waals surface area (Å²) in [5, 5.41) is 3.69.